The van der Waals surface area contributed by atoms with Gasteiger partial charge in [-0.1, -0.05) is 12.1 Å². The number of primary amides is 1. The summed E-state index contributed by atoms with van der Waals surface area (Å²) >= 11 is 0. The van der Waals surface area contributed by atoms with Gasteiger partial charge in [0.2, 0.25) is 5.91 Å². The van der Waals surface area contributed by atoms with E-state index in [1.807, 2.05) is 18.6 Å². The second kappa shape index (κ2) is 8.83. The number of nitrogens with zero attached hydrogens (tertiary/aromatic N) is 4. The first-order valence-corrected chi connectivity index (χ1v) is 10.7. The largest absolute Gasteiger partial charge is 0.369 e. The molecule has 0 aliphatic carbocycles. The number of carbonyl (C=O) groups excluding carboxylic acids is 1. The zero-order valence-electron chi connectivity index (χ0n) is 17.7. The maximum Gasteiger partial charge on any atom is 0.220 e. The smallest absolute Gasteiger partial charge is 0.220 e. The molecule has 0 atom stereocenters. The molecule has 0 saturated carbocycles. The van der Waals surface area contributed by atoms with Crippen LogP contribution in [0.25, 0.3) is 11.0 Å². The van der Waals surface area contributed by atoms with Gasteiger partial charge < -0.3 is 20.5 Å². The van der Waals surface area contributed by atoms with Crippen LogP contribution < -0.4 is 16.0 Å². The summed E-state index contributed by atoms with van der Waals surface area (Å²) in [4.78, 5) is 22.8. The average Bonchev–Trinajstić information content (AvgIpc) is 3.18. The Morgan fingerprint density at radius 3 is 2.73 bits per heavy atom. The molecule has 7 nitrogen and oxygen atoms in total. The van der Waals surface area contributed by atoms with E-state index < -0.39 is 0 Å². The number of hydrogen-bond donors (Lipinski definition) is 2. The fourth-order valence-electron chi connectivity index (χ4n) is 4.16. The first-order chi connectivity index (χ1) is 14.5. The summed E-state index contributed by atoms with van der Waals surface area (Å²) in [6, 6.07) is 10.9. The van der Waals surface area contributed by atoms with Gasteiger partial charge in [0, 0.05) is 49.9 Å². The summed E-state index contributed by atoms with van der Waals surface area (Å²) in [6.45, 7) is 7.48. The van der Waals surface area contributed by atoms with Crippen molar-refractivity contribution in [1.82, 2.24) is 19.9 Å². The number of amides is 1. The fraction of sp³-hybridized carbons (Fsp3) is 0.435. The third kappa shape index (κ3) is 4.31. The van der Waals surface area contributed by atoms with E-state index in [0.29, 0.717) is 6.04 Å². The lowest BCUT2D eigenvalue weighted by Gasteiger charge is -2.32. The molecule has 2 aromatic heterocycles. The number of aromatic nitrogens is 3. The summed E-state index contributed by atoms with van der Waals surface area (Å²) in [5.74, 6) is 0.801. The van der Waals surface area contributed by atoms with Gasteiger partial charge in [-0.05, 0) is 50.5 Å². The van der Waals surface area contributed by atoms with Crippen molar-refractivity contribution >= 4 is 22.8 Å². The predicted octanol–water partition coefficient (Wildman–Crippen LogP) is 3.00. The number of anilines is 1. The van der Waals surface area contributed by atoms with Gasteiger partial charge in [0.25, 0.3) is 0 Å². The Morgan fingerprint density at radius 2 is 2.00 bits per heavy atom. The standard InChI is InChI=1S/C23H30N6O/c1-16(2)29-15-27-20-6-5-17(12-21(20)29)13-25-14-19-4-3-9-26-23(19)28-10-7-18(8-11-28)22(24)30/h3-6,9,12,15-16,18,25H,7-8,10-11,13-14H2,1-2H3,(H2,24,30). The van der Waals surface area contributed by atoms with Gasteiger partial charge in [-0.15, -0.1) is 0 Å². The van der Waals surface area contributed by atoms with Gasteiger partial charge >= 0.3 is 0 Å². The van der Waals surface area contributed by atoms with Crippen LogP contribution in [-0.2, 0) is 17.9 Å². The van der Waals surface area contributed by atoms with Crippen molar-refractivity contribution in [2.75, 3.05) is 18.0 Å². The molecule has 158 valence electrons. The van der Waals surface area contributed by atoms with Gasteiger partial charge in [-0.25, -0.2) is 9.97 Å². The second-order valence-electron chi connectivity index (χ2n) is 8.32. The van der Waals surface area contributed by atoms with Crippen molar-refractivity contribution in [3.05, 3.63) is 54.0 Å². The molecule has 3 aromatic rings. The lowest BCUT2D eigenvalue weighted by atomic mass is 9.96. The molecule has 3 N–H and O–H groups in total. The number of benzene rings is 1. The molecule has 1 aromatic carbocycles. The van der Waals surface area contributed by atoms with Gasteiger partial charge in [-0.3, -0.25) is 4.79 Å². The van der Waals surface area contributed by atoms with Crippen LogP contribution in [0.5, 0.6) is 0 Å². The Labute approximate surface area is 177 Å². The summed E-state index contributed by atoms with van der Waals surface area (Å²) in [6.07, 6.45) is 5.33. The molecule has 1 aliphatic heterocycles. The number of fused-ring (bicyclic) bond motifs is 1. The zero-order chi connectivity index (χ0) is 21.1. The van der Waals surface area contributed by atoms with E-state index in [4.69, 9.17) is 5.73 Å². The number of carbonyl (C=O) groups is 1. The van der Waals surface area contributed by atoms with Crippen molar-refractivity contribution in [2.45, 2.75) is 45.8 Å². The minimum absolute atomic E-state index is 0.0132. The minimum Gasteiger partial charge on any atom is -0.369 e. The maximum atomic E-state index is 11.4. The predicted molar refractivity (Wildman–Crippen MR) is 119 cm³/mol. The summed E-state index contributed by atoms with van der Waals surface area (Å²) < 4.78 is 2.20. The molecule has 1 fully saturated rings. The van der Waals surface area contributed by atoms with E-state index in [9.17, 15) is 4.79 Å². The highest BCUT2D eigenvalue weighted by molar-refractivity contribution is 5.77. The minimum atomic E-state index is -0.187. The molecule has 0 unspecified atom stereocenters. The topological polar surface area (TPSA) is 89.1 Å². The lowest BCUT2D eigenvalue weighted by molar-refractivity contribution is -0.122. The van der Waals surface area contributed by atoms with Crippen LogP contribution in [0.4, 0.5) is 5.82 Å². The van der Waals surface area contributed by atoms with Crippen LogP contribution in [0.2, 0.25) is 0 Å². The molecule has 0 radical (unpaired) electrons. The van der Waals surface area contributed by atoms with E-state index >= 15 is 0 Å². The molecular formula is C23H30N6O. The van der Waals surface area contributed by atoms with Crippen LogP contribution in [0.1, 0.15) is 43.9 Å². The van der Waals surface area contributed by atoms with E-state index in [-0.39, 0.29) is 11.8 Å². The quantitative estimate of drug-likeness (QED) is 0.630. The summed E-state index contributed by atoms with van der Waals surface area (Å²) in [5, 5.41) is 3.56. The molecule has 1 aliphatic rings. The van der Waals surface area contributed by atoms with Crippen LogP contribution in [0.15, 0.2) is 42.9 Å². The normalized spacial score (nSPS) is 15.2. The van der Waals surface area contributed by atoms with E-state index in [2.05, 4.69) is 62.9 Å². The number of hydrogen-bond acceptors (Lipinski definition) is 5. The monoisotopic (exact) mass is 406 g/mol. The summed E-state index contributed by atoms with van der Waals surface area (Å²) in [7, 11) is 0. The van der Waals surface area contributed by atoms with Crippen LogP contribution in [0, 0.1) is 5.92 Å². The van der Waals surface area contributed by atoms with Crippen molar-refractivity contribution < 1.29 is 4.79 Å². The first kappa shape index (κ1) is 20.3. The molecule has 1 amide bonds. The Balaban J connectivity index is 1.41. The molecule has 30 heavy (non-hydrogen) atoms. The Hall–Kier alpha value is -2.93. The third-order valence-corrected chi connectivity index (χ3v) is 5.90. The molecule has 0 bridgehead atoms. The molecule has 7 heteroatoms. The Morgan fingerprint density at radius 1 is 1.20 bits per heavy atom. The highest BCUT2D eigenvalue weighted by atomic mass is 16.1. The van der Waals surface area contributed by atoms with E-state index in [0.717, 1.165) is 50.4 Å². The average molecular weight is 407 g/mol. The molecule has 3 heterocycles. The van der Waals surface area contributed by atoms with Crippen molar-refractivity contribution in [3.63, 3.8) is 0 Å². The fourth-order valence-corrected chi connectivity index (χ4v) is 4.16. The highest BCUT2D eigenvalue weighted by Crippen LogP contribution is 2.25. The number of imidazole rings is 1. The zero-order valence-corrected chi connectivity index (χ0v) is 17.7. The highest BCUT2D eigenvalue weighted by Gasteiger charge is 2.24. The van der Waals surface area contributed by atoms with Gasteiger partial charge in [0.05, 0.1) is 17.4 Å². The van der Waals surface area contributed by atoms with Crippen molar-refractivity contribution in [3.8, 4) is 0 Å². The number of pyridine rings is 1. The molecule has 1 saturated heterocycles. The van der Waals surface area contributed by atoms with Crippen LogP contribution in [0.3, 0.4) is 0 Å². The number of piperidine rings is 1. The number of rotatable bonds is 7. The third-order valence-electron chi connectivity index (χ3n) is 5.90. The second-order valence-corrected chi connectivity index (χ2v) is 8.32. The van der Waals surface area contributed by atoms with Crippen LogP contribution in [-0.4, -0.2) is 33.5 Å². The number of nitrogens with one attached hydrogen (secondary N) is 1. The van der Waals surface area contributed by atoms with Crippen molar-refractivity contribution in [2.24, 2.45) is 11.7 Å². The summed E-state index contributed by atoms with van der Waals surface area (Å²) in [5.41, 5.74) is 10.1. The van der Waals surface area contributed by atoms with Crippen LogP contribution >= 0.6 is 0 Å². The lowest BCUT2D eigenvalue weighted by Crippen LogP contribution is -2.39. The number of nitrogens with two attached hydrogens (primary N) is 1. The Bertz CT molecular complexity index is 1020. The van der Waals surface area contributed by atoms with Crippen molar-refractivity contribution in [1.29, 1.82) is 0 Å². The molecular weight excluding hydrogens is 376 g/mol. The maximum absolute atomic E-state index is 11.4. The molecule has 4 rings (SSSR count). The SMILES string of the molecule is CC(C)n1cnc2ccc(CNCc3cccnc3N3CCC(C(N)=O)CC3)cc21. The van der Waals surface area contributed by atoms with E-state index in [1.165, 1.54) is 16.6 Å². The first-order valence-electron chi connectivity index (χ1n) is 10.7. The molecule has 0 spiro atoms. The Kier molecular flexibility index (Phi) is 5.99. The van der Waals surface area contributed by atoms with E-state index in [1.54, 1.807) is 0 Å². The van der Waals surface area contributed by atoms with Gasteiger partial charge in [0.15, 0.2) is 0 Å². The van der Waals surface area contributed by atoms with Gasteiger partial charge in [-0.2, -0.15) is 0 Å². The van der Waals surface area contributed by atoms with Gasteiger partial charge in [0.1, 0.15) is 5.82 Å².